The maximum Gasteiger partial charge on any atom is 0.268 e. The Balaban J connectivity index is 2.96. The van der Waals surface area contributed by atoms with Gasteiger partial charge in [-0.15, -0.1) is 0 Å². The van der Waals surface area contributed by atoms with Crippen LogP contribution in [0.2, 0.25) is 0 Å². The minimum absolute atomic E-state index is 0.136. The number of hydrogen-bond donors (Lipinski definition) is 1. The first-order valence-electron chi connectivity index (χ1n) is 5.54. The lowest BCUT2D eigenvalue weighted by atomic mass is 10.0. The lowest BCUT2D eigenvalue weighted by Gasteiger charge is -2.31. The number of hydrazine groups is 1. The van der Waals surface area contributed by atoms with Gasteiger partial charge in [-0.1, -0.05) is 19.1 Å². The lowest BCUT2D eigenvalue weighted by molar-refractivity contribution is 0.0582. The van der Waals surface area contributed by atoms with Crippen LogP contribution in [0.25, 0.3) is 0 Å². The van der Waals surface area contributed by atoms with Crippen molar-refractivity contribution in [3.63, 3.8) is 0 Å². The summed E-state index contributed by atoms with van der Waals surface area (Å²) in [5, 5.41) is 1.28. The summed E-state index contributed by atoms with van der Waals surface area (Å²) in [6, 6.07) is 7.60. The van der Waals surface area contributed by atoms with Crippen molar-refractivity contribution >= 4 is 5.91 Å². The van der Waals surface area contributed by atoms with Crippen molar-refractivity contribution in [3.05, 3.63) is 35.4 Å². The van der Waals surface area contributed by atoms with Gasteiger partial charge in [0.1, 0.15) is 0 Å². The van der Waals surface area contributed by atoms with Gasteiger partial charge in [0, 0.05) is 5.56 Å². The molecule has 1 aromatic rings. The summed E-state index contributed by atoms with van der Waals surface area (Å²) < 4.78 is 0. The zero-order valence-corrected chi connectivity index (χ0v) is 10.4. The molecule has 0 bridgehead atoms. The monoisotopic (exact) mass is 220 g/mol. The third-order valence-corrected chi connectivity index (χ3v) is 2.52. The summed E-state index contributed by atoms with van der Waals surface area (Å²) in [5.74, 6) is 5.67. The van der Waals surface area contributed by atoms with E-state index in [0.717, 1.165) is 12.0 Å². The number of nitrogens with zero attached hydrogens (tertiary/aromatic N) is 1. The van der Waals surface area contributed by atoms with Gasteiger partial charge in [-0.25, -0.2) is 5.84 Å². The third-order valence-electron chi connectivity index (χ3n) is 2.52. The van der Waals surface area contributed by atoms with Gasteiger partial charge >= 0.3 is 0 Å². The summed E-state index contributed by atoms with van der Waals surface area (Å²) in [6.07, 6.45) is 0.918. The Morgan fingerprint density at radius 1 is 1.38 bits per heavy atom. The number of nitrogens with two attached hydrogens (primary N) is 1. The smallest absolute Gasteiger partial charge is 0.268 e. The van der Waals surface area contributed by atoms with Crippen molar-refractivity contribution in [1.82, 2.24) is 5.01 Å². The van der Waals surface area contributed by atoms with Crippen LogP contribution in [-0.4, -0.2) is 16.5 Å². The fourth-order valence-electron chi connectivity index (χ4n) is 1.37. The van der Waals surface area contributed by atoms with Crippen LogP contribution in [0.3, 0.4) is 0 Å². The summed E-state index contributed by atoms with van der Waals surface area (Å²) in [6.45, 7) is 7.80. The molecule has 0 aromatic heterocycles. The Morgan fingerprint density at radius 3 is 2.50 bits per heavy atom. The highest BCUT2D eigenvalue weighted by molar-refractivity contribution is 5.94. The minimum Gasteiger partial charge on any atom is -0.271 e. The van der Waals surface area contributed by atoms with Gasteiger partial charge in [-0.2, -0.15) is 0 Å². The summed E-state index contributed by atoms with van der Waals surface area (Å²) in [4.78, 5) is 12.1. The largest absolute Gasteiger partial charge is 0.271 e. The summed E-state index contributed by atoms with van der Waals surface area (Å²) in [7, 11) is 0. The van der Waals surface area contributed by atoms with Crippen LogP contribution >= 0.6 is 0 Å². The number of amides is 1. The second-order valence-corrected chi connectivity index (χ2v) is 4.90. The molecule has 1 amide bonds. The molecular formula is C13H20N2O. The Kier molecular flexibility index (Phi) is 3.70. The highest BCUT2D eigenvalue weighted by Gasteiger charge is 2.24. The normalized spacial score (nSPS) is 11.3. The molecule has 1 rings (SSSR count). The molecule has 0 unspecified atom stereocenters. The van der Waals surface area contributed by atoms with Crippen LogP contribution in [-0.2, 0) is 6.42 Å². The van der Waals surface area contributed by atoms with Gasteiger partial charge in [0.15, 0.2) is 0 Å². The van der Waals surface area contributed by atoms with E-state index in [0.29, 0.717) is 5.56 Å². The maximum atomic E-state index is 12.1. The zero-order valence-electron chi connectivity index (χ0n) is 10.4. The van der Waals surface area contributed by atoms with E-state index < -0.39 is 0 Å². The van der Waals surface area contributed by atoms with Crippen LogP contribution < -0.4 is 5.84 Å². The van der Waals surface area contributed by atoms with E-state index in [4.69, 9.17) is 5.84 Å². The molecule has 0 heterocycles. The van der Waals surface area contributed by atoms with E-state index in [9.17, 15) is 4.79 Å². The molecule has 0 spiro atoms. The second kappa shape index (κ2) is 4.66. The first-order valence-corrected chi connectivity index (χ1v) is 5.54. The molecule has 0 saturated heterocycles. The average Bonchev–Trinajstić information content (AvgIpc) is 2.26. The van der Waals surface area contributed by atoms with Crippen molar-refractivity contribution in [2.45, 2.75) is 39.7 Å². The van der Waals surface area contributed by atoms with Crippen LogP contribution in [0.5, 0.6) is 0 Å². The molecule has 16 heavy (non-hydrogen) atoms. The van der Waals surface area contributed by atoms with Crippen LogP contribution in [0.4, 0.5) is 0 Å². The molecule has 0 radical (unpaired) electrons. The molecule has 2 N–H and O–H groups in total. The summed E-state index contributed by atoms with van der Waals surface area (Å²) >= 11 is 0. The van der Waals surface area contributed by atoms with Gasteiger partial charge < -0.3 is 0 Å². The number of carbonyl (C=O) groups is 1. The molecule has 0 aliphatic carbocycles. The molecule has 0 fully saturated rings. The fraction of sp³-hybridized carbons (Fsp3) is 0.462. The van der Waals surface area contributed by atoms with Gasteiger partial charge in [0.25, 0.3) is 5.91 Å². The fourth-order valence-corrected chi connectivity index (χ4v) is 1.37. The molecular weight excluding hydrogens is 200 g/mol. The van der Waals surface area contributed by atoms with Crippen molar-refractivity contribution < 1.29 is 4.79 Å². The molecule has 3 heteroatoms. The van der Waals surface area contributed by atoms with Crippen molar-refractivity contribution in [1.29, 1.82) is 0 Å². The van der Waals surface area contributed by atoms with Crippen molar-refractivity contribution in [2.24, 2.45) is 5.84 Å². The first-order chi connectivity index (χ1) is 7.36. The number of benzene rings is 1. The minimum atomic E-state index is -0.362. The quantitative estimate of drug-likeness (QED) is 0.472. The second-order valence-electron chi connectivity index (χ2n) is 4.90. The van der Waals surface area contributed by atoms with Gasteiger partial charge in [0.2, 0.25) is 0 Å². The number of hydrogen-bond acceptors (Lipinski definition) is 2. The highest BCUT2D eigenvalue weighted by atomic mass is 16.2. The van der Waals surface area contributed by atoms with E-state index >= 15 is 0 Å². The molecule has 0 saturated carbocycles. The van der Waals surface area contributed by atoms with Gasteiger partial charge in [-0.3, -0.25) is 9.80 Å². The Morgan fingerprint density at radius 2 is 2.00 bits per heavy atom. The van der Waals surface area contributed by atoms with Crippen molar-refractivity contribution in [3.8, 4) is 0 Å². The van der Waals surface area contributed by atoms with E-state index in [1.165, 1.54) is 5.01 Å². The van der Waals surface area contributed by atoms with E-state index in [2.05, 4.69) is 6.92 Å². The van der Waals surface area contributed by atoms with E-state index in [1.54, 1.807) is 6.07 Å². The van der Waals surface area contributed by atoms with Crippen LogP contribution in [0, 0.1) is 0 Å². The van der Waals surface area contributed by atoms with Gasteiger partial charge in [-0.05, 0) is 44.9 Å². The Hall–Kier alpha value is -1.35. The topological polar surface area (TPSA) is 46.3 Å². The van der Waals surface area contributed by atoms with Crippen molar-refractivity contribution in [2.75, 3.05) is 0 Å². The first kappa shape index (κ1) is 12.7. The zero-order chi connectivity index (χ0) is 12.3. The molecule has 0 aliphatic heterocycles. The van der Waals surface area contributed by atoms with Gasteiger partial charge in [0.05, 0.1) is 5.54 Å². The molecule has 88 valence electrons. The summed E-state index contributed by atoms with van der Waals surface area (Å²) in [5.41, 5.74) is 1.43. The highest BCUT2D eigenvalue weighted by Crippen LogP contribution is 2.14. The lowest BCUT2D eigenvalue weighted by Crippen LogP contribution is -2.50. The van der Waals surface area contributed by atoms with Crippen LogP contribution in [0.1, 0.15) is 43.6 Å². The SMILES string of the molecule is CCc1cccc(C(=O)N(N)C(C)(C)C)c1. The maximum absolute atomic E-state index is 12.1. The predicted molar refractivity (Wildman–Crippen MR) is 65.9 cm³/mol. The Labute approximate surface area is 97.2 Å². The average molecular weight is 220 g/mol. The van der Waals surface area contributed by atoms with Crippen LogP contribution in [0.15, 0.2) is 24.3 Å². The Bertz CT molecular complexity index is 380. The molecule has 3 nitrogen and oxygen atoms in total. The van der Waals surface area contributed by atoms with E-state index in [-0.39, 0.29) is 11.4 Å². The van der Waals surface area contributed by atoms with E-state index in [1.807, 2.05) is 39.0 Å². The number of aryl methyl sites for hydroxylation is 1. The standard InChI is InChI=1S/C13H20N2O/c1-5-10-7-6-8-11(9-10)12(16)15(14)13(2,3)4/h6-9H,5,14H2,1-4H3. The molecule has 0 atom stereocenters. The third kappa shape index (κ3) is 2.83. The number of carbonyl (C=O) groups excluding carboxylic acids is 1. The molecule has 1 aromatic carbocycles. The number of rotatable bonds is 2. The molecule has 0 aliphatic rings. The predicted octanol–water partition coefficient (Wildman–Crippen LogP) is 2.36.